The lowest BCUT2D eigenvalue weighted by Gasteiger charge is -2.08. The van der Waals surface area contributed by atoms with Crippen LogP contribution in [0.1, 0.15) is 16.8 Å². The molecule has 0 amide bonds. The molecule has 3 rings (SSSR count). The standard InChI is InChI=1S/C19H15F2IN2O2S/c20-14-6-13(7-15(21)9-14)8-16-17(22)18(25)24-19(23-16)27-11-26-10-12-4-2-1-3-5-12/h1-7,9H,8,10-11H2,(H,23,24,25). The quantitative estimate of drug-likeness (QED) is 0.171. The molecule has 1 heterocycles. The molecule has 0 spiro atoms. The summed E-state index contributed by atoms with van der Waals surface area (Å²) >= 11 is 3.14. The first-order valence-corrected chi connectivity index (χ1v) is 10.1. The predicted octanol–water partition coefficient (Wildman–Crippen LogP) is 4.51. The third-order valence-electron chi connectivity index (χ3n) is 3.59. The van der Waals surface area contributed by atoms with Crippen molar-refractivity contribution in [2.24, 2.45) is 0 Å². The van der Waals surface area contributed by atoms with Gasteiger partial charge in [-0.25, -0.2) is 13.8 Å². The van der Waals surface area contributed by atoms with E-state index >= 15 is 0 Å². The summed E-state index contributed by atoms with van der Waals surface area (Å²) in [5, 5.41) is 0.403. The summed E-state index contributed by atoms with van der Waals surface area (Å²) in [4.78, 5) is 19.2. The van der Waals surface area contributed by atoms with Crippen LogP contribution in [0.2, 0.25) is 0 Å². The van der Waals surface area contributed by atoms with Gasteiger partial charge in [0.1, 0.15) is 21.1 Å². The van der Waals surface area contributed by atoms with Crippen LogP contribution in [0.4, 0.5) is 8.78 Å². The first-order valence-electron chi connectivity index (χ1n) is 7.99. The van der Waals surface area contributed by atoms with Crippen LogP contribution >= 0.6 is 34.4 Å². The zero-order valence-corrected chi connectivity index (χ0v) is 17.0. The summed E-state index contributed by atoms with van der Waals surface area (Å²) in [6.07, 6.45) is 0.162. The van der Waals surface area contributed by atoms with Gasteiger partial charge in [-0.15, -0.1) is 0 Å². The minimum atomic E-state index is -0.659. The zero-order valence-electron chi connectivity index (χ0n) is 14.0. The molecular formula is C19H15F2IN2O2S. The van der Waals surface area contributed by atoms with Gasteiger partial charge in [0.2, 0.25) is 0 Å². The first-order chi connectivity index (χ1) is 13.0. The van der Waals surface area contributed by atoms with Crippen LogP contribution in [0.5, 0.6) is 0 Å². The number of ether oxygens (including phenoxy) is 1. The number of thioether (sulfide) groups is 1. The number of aromatic nitrogens is 2. The molecule has 4 nitrogen and oxygen atoms in total. The molecule has 27 heavy (non-hydrogen) atoms. The maximum atomic E-state index is 13.4. The van der Waals surface area contributed by atoms with Crippen LogP contribution in [0.25, 0.3) is 0 Å². The number of hydrogen-bond acceptors (Lipinski definition) is 4. The average molecular weight is 500 g/mol. The Morgan fingerprint density at radius 3 is 2.48 bits per heavy atom. The van der Waals surface area contributed by atoms with Crippen molar-refractivity contribution in [2.45, 2.75) is 18.2 Å². The lowest BCUT2D eigenvalue weighted by atomic mass is 10.1. The van der Waals surface area contributed by atoms with Gasteiger partial charge in [0.25, 0.3) is 5.56 Å². The van der Waals surface area contributed by atoms with Crippen molar-refractivity contribution in [2.75, 3.05) is 5.94 Å². The van der Waals surface area contributed by atoms with Crippen LogP contribution in [-0.4, -0.2) is 15.9 Å². The van der Waals surface area contributed by atoms with Gasteiger partial charge in [-0.2, -0.15) is 0 Å². The van der Waals surface area contributed by atoms with Crippen molar-refractivity contribution < 1.29 is 13.5 Å². The van der Waals surface area contributed by atoms with Gasteiger partial charge in [0, 0.05) is 12.5 Å². The molecule has 140 valence electrons. The fourth-order valence-electron chi connectivity index (χ4n) is 2.41. The van der Waals surface area contributed by atoms with Crippen molar-refractivity contribution in [1.29, 1.82) is 0 Å². The van der Waals surface area contributed by atoms with E-state index in [1.807, 2.05) is 52.9 Å². The summed E-state index contributed by atoms with van der Waals surface area (Å²) in [5.41, 5.74) is 1.65. The number of nitrogens with zero attached hydrogens (tertiary/aromatic N) is 1. The van der Waals surface area contributed by atoms with E-state index < -0.39 is 11.6 Å². The molecule has 2 aromatic carbocycles. The Morgan fingerprint density at radius 1 is 1.07 bits per heavy atom. The van der Waals surface area contributed by atoms with Crippen LogP contribution in [0, 0.1) is 15.2 Å². The van der Waals surface area contributed by atoms with Gasteiger partial charge in [0.15, 0.2) is 5.16 Å². The van der Waals surface area contributed by atoms with Gasteiger partial charge in [0.05, 0.1) is 12.3 Å². The van der Waals surface area contributed by atoms with E-state index in [0.717, 1.165) is 11.6 Å². The highest BCUT2D eigenvalue weighted by molar-refractivity contribution is 14.1. The minimum Gasteiger partial charge on any atom is -0.366 e. The molecule has 0 fully saturated rings. The lowest BCUT2D eigenvalue weighted by molar-refractivity contribution is 0.169. The molecule has 8 heteroatoms. The summed E-state index contributed by atoms with van der Waals surface area (Å²) in [6, 6.07) is 13.0. The molecule has 3 aromatic rings. The predicted molar refractivity (Wildman–Crippen MR) is 109 cm³/mol. The molecule has 1 aromatic heterocycles. The molecule has 0 aliphatic rings. The summed E-state index contributed by atoms with van der Waals surface area (Å²) in [6.45, 7) is 0.456. The second-order valence-electron chi connectivity index (χ2n) is 5.68. The van der Waals surface area contributed by atoms with E-state index in [4.69, 9.17) is 4.74 Å². The van der Waals surface area contributed by atoms with Gasteiger partial charge in [-0.1, -0.05) is 42.1 Å². The van der Waals surface area contributed by atoms with E-state index in [1.165, 1.54) is 23.9 Å². The largest absolute Gasteiger partial charge is 0.366 e. The van der Waals surface area contributed by atoms with Gasteiger partial charge < -0.3 is 9.72 Å². The average Bonchev–Trinajstić information content (AvgIpc) is 2.63. The second-order valence-corrected chi connectivity index (χ2v) is 7.67. The zero-order chi connectivity index (χ0) is 19.2. The Balaban J connectivity index is 1.67. The highest BCUT2D eigenvalue weighted by Gasteiger charge is 2.12. The molecule has 0 atom stereocenters. The molecule has 1 N–H and O–H groups in total. The van der Waals surface area contributed by atoms with Crippen LogP contribution in [0.3, 0.4) is 0 Å². The molecule has 0 radical (unpaired) electrons. The lowest BCUT2D eigenvalue weighted by Crippen LogP contribution is -2.16. The molecule has 0 saturated heterocycles. The SMILES string of the molecule is O=c1[nH]c(SCOCc2ccccc2)nc(Cc2cc(F)cc(F)c2)c1I. The normalized spacial score (nSPS) is 10.9. The maximum absolute atomic E-state index is 13.4. The topological polar surface area (TPSA) is 55.0 Å². The molecule has 0 saturated carbocycles. The summed E-state index contributed by atoms with van der Waals surface area (Å²) in [7, 11) is 0. The highest BCUT2D eigenvalue weighted by atomic mass is 127. The van der Waals surface area contributed by atoms with Crippen molar-refractivity contribution in [3.05, 3.63) is 90.9 Å². The van der Waals surface area contributed by atoms with Crippen LogP contribution in [0.15, 0.2) is 58.5 Å². The van der Waals surface area contributed by atoms with Crippen molar-refractivity contribution in [3.8, 4) is 0 Å². The fraction of sp³-hybridized carbons (Fsp3) is 0.158. The number of rotatable bonds is 7. The van der Waals surface area contributed by atoms with Gasteiger partial charge in [-0.3, -0.25) is 4.79 Å². The Kier molecular flexibility index (Phi) is 6.97. The number of H-pyrrole nitrogens is 1. The van der Waals surface area contributed by atoms with Crippen LogP contribution in [-0.2, 0) is 17.8 Å². The Bertz CT molecular complexity index is 963. The first kappa shape index (κ1) is 20.0. The smallest absolute Gasteiger partial charge is 0.265 e. The highest BCUT2D eigenvalue weighted by Crippen LogP contribution is 2.18. The van der Waals surface area contributed by atoms with E-state index in [2.05, 4.69) is 9.97 Å². The van der Waals surface area contributed by atoms with E-state index in [-0.39, 0.29) is 12.0 Å². The molecule has 0 unspecified atom stereocenters. The third kappa shape index (κ3) is 5.85. The van der Waals surface area contributed by atoms with Crippen LogP contribution < -0.4 is 5.56 Å². The Morgan fingerprint density at radius 2 is 1.78 bits per heavy atom. The van der Waals surface area contributed by atoms with E-state index in [1.54, 1.807) is 0 Å². The van der Waals surface area contributed by atoms with Gasteiger partial charge in [-0.05, 0) is 45.9 Å². The Labute approximate surface area is 172 Å². The number of nitrogens with one attached hydrogen (secondary N) is 1. The molecular weight excluding hydrogens is 485 g/mol. The van der Waals surface area contributed by atoms with Crippen molar-refractivity contribution in [3.63, 3.8) is 0 Å². The third-order valence-corrected chi connectivity index (χ3v) is 5.46. The number of hydrogen-bond donors (Lipinski definition) is 1. The van der Waals surface area contributed by atoms with Gasteiger partial charge >= 0.3 is 0 Å². The summed E-state index contributed by atoms with van der Waals surface area (Å²) in [5.74, 6) is -1.01. The molecule has 0 aliphatic heterocycles. The number of aromatic amines is 1. The second kappa shape index (κ2) is 9.43. The van der Waals surface area contributed by atoms with Crippen molar-refractivity contribution >= 4 is 34.4 Å². The number of benzene rings is 2. The molecule has 0 aliphatic carbocycles. The Hall–Kier alpha value is -1.78. The monoisotopic (exact) mass is 500 g/mol. The van der Waals surface area contributed by atoms with Crippen molar-refractivity contribution in [1.82, 2.24) is 9.97 Å². The maximum Gasteiger partial charge on any atom is 0.265 e. The fourth-order valence-corrected chi connectivity index (χ4v) is 3.47. The molecule has 0 bridgehead atoms. The minimum absolute atomic E-state index is 0.162. The number of halogens is 3. The van der Waals surface area contributed by atoms with E-state index in [9.17, 15) is 13.6 Å². The summed E-state index contributed by atoms with van der Waals surface area (Å²) < 4.78 is 32.7. The van der Waals surface area contributed by atoms with E-state index in [0.29, 0.717) is 32.5 Å².